The van der Waals surface area contributed by atoms with Crippen LogP contribution in [0.2, 0.25) is 0 Å². The molecule has 0 spiro atoms. The van der Waals surface area contributed by atoms with Crippen molar-refractivity contribution in [2.45, 2.75) is 40.5 Å². The lowest BCUT2D eigenvalue weighted by atomic mass is 10.0. The van der Waals surface area contributed by atoms with Crippen molar-refractivity contribution in [1.82, 2.24) is 4.90 Å². The van der Waals surface area contributed by atoms with Gasteiger partial charge < -0.3 is 4.90 Å². The lowest BCUT2D eigenvalue weighted by Crippen LogP contribution is -2.32. The van der Waals surface area contributed by atoms with E-state index in [4.69, 9.17) is 0 Å². The standard InChI is InChI=1S/C15H23NO/c1-5-7-10-16(6-2)15(17)14-9-8-12(3)11-13(14)4/h8-9,11H,5-7,10H2,1-4H3. The maximum absolute atomic E-state index is 12.3. The number of unbranched alkanes of at least 4 members (excludes halogenated alkanes) is 1. The van der Waals surface area contributed by atoms with Gasteiger partial charge in [-0.05, 0) is 38.8 Å². The quantitative estimate of drug-likeness (QED) is 0.761. The molecule has 0 saturated carbocycles. The van der Waals surface area contributed by atoms with Gasteiger partial charge >= 0.3 is 0 Å². The van der Waals surface area contributed by atoms with E-state index in [0.29, 0.717) is 0 Å². The third-order valence-electron chi connectivity index (χ3n) is 3.06. The Hall–Kier alpha value is -1.31. The molecule has 1 amide bonds. The van der Waals surface area contributed by atoms with Crippen molar-refractivity contribution in [1.29, 1.82) is 0 Å². The zero-order valence-corrected chi connectivity index (χ0v) is 11.4. The van der Waals surface area contributed by atoms with E-state index in [1.54, 1.807) is 0 Å². The number of amides is 1. The molecule has 1 aromatic carbocycles. The first-order valence-electron chi connectivity index (χ1n) is 6.46. The third kappa shape index (κ3) is 3.58. The van der Waals surface area contributed by atoms with Crippen LogP contribution in [0.15, 0.2) is 18.2 Å². The second-order valence-electron chi connectivity index (χ2n) is 4.56. The minimum atomic E-state index is 0.165. The fourth-order valence-electron chi connectivity index (χ4n) is 1.98. The van der Waals surface area contributed by atoms with Crippen LogP contribution in [-0.4, -0.2) is 23.9 Å². The van der Waals surface area contributed by atoms with E-state index in [0.717, 1.165) is 37.1 Å². The van der Waals surface area contributed by atoms with Gasteiger partial charge in [-0.3, -0.25) is 4.79 Å². The number of aryl methyl sites for hydroxylation is 2. The van der Waals surface area contributed by atoms with Gasteiger partial charge in [-0.2, -0.15) is 0 Å². The molecule has 0 aliphatic carbocycles. The number of benzene rings is 1. The maximum atomic E-state index is 12.3. The van der Waals surface area contributed by atoms with E-state index >= 15 is 0 Å². The minimum absolute atomic E-state index is 0.165. The summed E-state index contributed by atoms with van der Waals surface area (Å²) in [6.45, 7) is 9.89. The first kappa shape index (κ1) is 13.8. The van der Waals surface area contributed by atoms with Crippen LogP contribution in [0.5, 0.6) is 0 Å². The molecule has 2 heteroatoms. The first-order valence-corrected chi connectivity index (χ1v) is 6.46. The van der Waals surface area contributed by atoms with Gasteiger partial charge in [-0.15, -0.1) is 0 Å². The lowest BCUT2D eigenvalue weighted by molar-refractivity contribution is 0.0761. The Labute approximate surface area is 105 Å². The topological polar surface area (TPSA) is 20.3 Å². The number of carbonyl (C=O) groups excluding carboxylic acids is 1. The SMILES string of the molecule is CCCCN(CC)C(=O)c1ccc(C)cc1C. The largest absolute Gasteiger partial charge is 0.339 e. The molecule has 0 atom stereocenters. The highest BCUT2D eigenvalue weighted by molar-refractivity contribution is 5.95. The number of hydrogen-bond donors (Lipinski definition) is 0. The predicted octanol–water partition coefficient (Wildman–Crippen LogP) is 3.57. The average molecular weight is 233 g/mol. The Morgan fingerprint density at radius 1 is 1.24 bits per heavy atom. The molecule has 1 rings (SSSR count). The van der Waals surface area contributed by atoms with Gasteiger partial charge in [-0.1, -0.05) is 31.0 Å². The summed E-state index contributed by atoms with van der Waals surface area (Å²) in [5.74, 6) is 0.165. The van der Waals surface area contributed by atoms with Gasteiger partial charge in [0.2, 0.25) is 0 Å². The molecular weight excluding hydrogens is 210 g/mol. The van der Waals surface area contributed by atoms with Crippen LogP contribution >= 0.6 is 0 Å². The molecule has 2 nitrogen and oxygen atoms in total. The summed E-state index contributed by atoms with van der Waals surface area (Å²) >= 11 is 0. The van der Waals surface area contributed by atoms with Crippen molar-refractivity contribution in [3.05, 3.63) is 34.9 Å². The van der Waals surface area contributed by atoms with Crippen molar-refractivity contribution in [2.75, 3.05) is 13.1 Å². The van der Waals surface area contributed by atoms with Gasteiger partial charge in [-0.25, -0.2) is 0 Å². The zero-order chi connectivity index (χ0) is 12.8. The Balaban J connectivity index is 2.86. The summed E-state index contributed by atoms with van der Waals surface area (Å²) in [4.78, 5) is 14.3. The number of hydrogen-bond acceptors (Lipinski definition) is 1. The Kier molecular flexibility index (Phi) is 5.20. The van der Waals surface area contributed by atoms with Crippen LogP contribution in [-0.2, 0) is 0 Å². The van der Waals surface area contributed by atoms with E-state index in [2.05, 4.69) is 19.9 Å². The van der Waals surface area contributed by atoms with Crippen LogP contribution in [0, 0.1) is 13.8 Å². The Morgan fingerprint density at radius 2 is 1.94 bits per heavy atom. The number of carbonyl (C=O) groups is 1. The second kappa shape index (κ2) is 6.43. The van der Waals surface area contributed by atoms with E-state index < -0.39 is 0 Å². The molecule has 0 heterocycles. The summed E-state index contributed by atoms with van der Waals surface area (Å²) in [7, 11) is 0. The zero-order valence-electron chi connectivity index (χ0n) is 11.4. The van der Waals surface area contributed by atoms with Crippen molar-refractivity contribution in [3.8, 4) is 0 Å². The molecule has 0 N–H and O–H groups in total. The van der Waals surface area contributed by atoms with E-state index in [1.807, 2.05) is 30.9 Å². The fourth-order valence-corrected chi connectivity index (χ4v) is 1.98. The lowest BCUT2D eigenvalue weighted by Gasteiger charge is -2.21. The molecule has 0 bridgehead atoms. The average Bonchev–Trinajstić information content (AvgIpc) is 2.29. The van der Waals surface area contributed by atoms with E-state index in [1.165, 1.54) is 5.56 Å². The van der Waals surface area contributed by atoms with Crippen molar-refractivity contribution < 1.29 is 4.79 Å². The molecule has 0 aliphatic rings. The van der Waals surface area contributed by atoms with Crippen LogP contribution in [0.1, 0.15) is 48.2 Å². The molecule has 1 aromatic rings. The predicted molar refractivity (Wildman–Crippen MR) is 72.4 cm³/mol. The Bertz CT molecular complexity index is 385. The van der Waals surface area contributed by atoms with Crippen LogP contribution in [0.3, 0.4) is 0 Å². The molecule has 17 heavy (non-hydrogen) atoms. The van der Waals surface area contributed by atoms with Gasteiger partial charge in [0.05, 0.1) is 0 Å². The number of rotatable bonds is 5. The van der Waals surface area contributed by atoms with Crippen molar-refractivity contribution >= 4 is 5.91 Å². The van der Waals surface area contributed by atoms with Crippen LogP contribution in [0.4, 0.5) is 0 Å². The molecule has 0 radical (unpaired) electrons. The molecule has 0 saturated heterocycles. The smallest absolute Gasteiger partial charge is 0.254 e. The van der Waals surface area contributed by atoms with Gasteiger partial charge in [0.25, 0.3) is 5.91 Å². The molecule has 0 aromatic heterocycles. The summed E-state index contributed by atoms with van der Waals surface area (Å²) in [5.41, 5.74) is 3.12. The molecule has 0 fully saturated rings. The van der Waals surface area contributed by atoms with E-state index in [-0.39, 0.29) is 5.91 Å². The van der Waals surface area contributed by atoms with Gasteiger partial charge in [0.15, 0.2) is 0 Å². The third-order valence-corrected chi connectivity index (χ3v) is 3.06. The highest BCUT2D eigenvalue weighted by atomic mass is 16.2. The monoisotopic (exact) mass is 233 g/mol. The normalized spacial score (nSPS) is 10.4. The minimum Gasteiger partial charge on any atom is -0.339 e. The van der Waals surface area contributed by atoms with E-state index in [9.17, 15) is 4.79 Å². The summed E-state index contributed by atoms with van der Waals surface area (Å²) < 4.78 is 0. The summed E-state index contributed by atoms with van der Waals surface area (Å²) in [5, 5.41) is 0. The second-order valence-corrected chi connectivity index (χ2v) is 4.56. The molecule has 0 unspecified atom stereocenters. The summed E-state index contributed by atoms with van der Waals surface area (Å²) in [6.07, 6.45) is 2.20. The first-order chi connectivity index (χ1) is 8.10. The highest BCUT2D eigenvalue weighted by Gasteiger charge is 2.15. The van der Waals surface area contributed by atoms with Crippen LogP contribution < -0.4 is 0 Å². The fraction of sp³-hybridized carbons (Fsp3) is 0.533. The Morgan fingerprint density at radius 3 is 2.47 bits per heavy atom. The molecular formula is C15H23NO. The highest BCUT2D eigenvalue weighted by Crippen LogP contribution is 2.13. The van der Waals surface area contributed by atoms with Crippen molar-refractivity contribution in [2.24, 2.45) is 0 Å². The van der Waals surface area contributed by atoms with Crippen LogP contribution in [0.25, 0.3) is 0 Å². The maximum Gasteiger partial charge on any atom is 0.254 e. The molecule has 0 aliphatic heterocycles. The van der Waals surface area contributed by atoms with Gasteiger partial charge in [0.1, 0.15) is 0 Å². The molecule has 94 valence electrons. The summed E-state index contributed by atoms with van der Waals surface area (Å²) in [6, 6.07) is 6.02. The van der Waals surface area contributed by atoms with Crippen molar-refractivity contribution in [3.63, 3.8) is 0 Å². The van der Waals surface area contributed by atoms with Gasteiger partial charge in [0, 0.05) is 18.7 Å². The number of nitrogens with zero attached hydrogens (tertiary/aromatic N) is 1.